The lowest BCUT2D eigenvalue weighted by Gasteiger charge is -2.18. The zero-order valence-electron chi connectivity index (χ0n) is 14.6. The number of fused-ring (bicyclic) bond motifs is 1. The summed E-state index contributed by atoms with van der Waals surface area (Å²) in [6.45, 7) is 1.93. The van der Waals surface area contributed by atoms with E-state index in [-0.39, 0.29) is 11.9 Å². The molecule has 0 aliphatic heterocycles. The number of ether oxygens (including phenoxy) is 2. The number of carbonyl (C=O) groups is 1. The number of methoxy groups -OCH3 is 2. The van der Waals surface area contributed by atoms with Crippen molar-refractivity contribution in [2.75, 3.05) is 14.2 Å². The second-order valence-corrected chi connectivity index (χ2v) is 5.86. The summed E-state index contributed by atoms with van der Waals surface area (Å²) in [6.07, 6.45) is 0. The second kappa shape index (κ2) is 7.26. The molecular weight excluding hydrogens is 314 g/mol. The predicted molar refractivity (Wildman–Crippen MR) is 99.4 cm³/mol. The Hall–Kier alpha value is -3.01. The van der Waals surface area contributed by atoms with Crippen molar-refractivity contribution in [2.24, 2.45) is 0 Å². The Balaban J connectivity index is 1.84. The minimum atomic E-state index is -0.218. The average Bonchev–Trinajstić information content (AvgIpc) is 2.66. The molecule has 128 valence electrons. The molecule has 0 heterocycles. The number of carbonyl (C=O) groups excluding carboxylic acids is 1. The summed E-state index contributed by atoms with van der Waals surface area (Å²) >= 11 is 0. The van der Waals surface area contributed by atoms with E-state index in [1.807, 2.05) is 67.6 Å². The predicted octanol–water partition coefficient (Wildman–Crippen LogP) is 4.35. The zero-order valence-corrected chi connectivity index (χ0v) is 14.6. The van der Waals surface area contributed by atoms with Crippen LogP contribution in [0.25, 0.3) is 10.8 Å². The van der Waals surface area contributed by atoms with Gasteiger partial charge in [-0.1, -0.05) is 30.3 Å². The summed E-state index contributed by atoms with van der Waals surface area (Å²) < 4.78 is 10.7. The summed E-state index contributed by atoms with van der Waals surface area (Å²) in [5.74, 6) is 1.32. The number of benzene rings is 3. The summed E-state index contributed by atoms with van der Waals surface area (Å²) in [6, 6.07) is 19.0. The standard InChI is InChI=1S/C21H21NO3/c1-14(19-13-18(24-2)10-11-20(19)25-3)22-21(23)17-9-8-15-6-4-5-7-16(15)12-17/h4-14H,1-3H3,(H,22,23)/t14-/m0/s1. The lowest BCUT2D eigenvalue weighted by Crippen LogP contribution is -2.27. The molecule has 0 bridgehead atoms. The van der Waals surface area contributed by atoms with Crippen molar-refractivity contribution in [1.82, 2.24) is 5.32 Å². The molecule has 0 aromatic heterocycles. The first-order chi connectivity index (χ1) is 12.1. The third-order valence-electron chi connectivity index (χ3n) is 4.26. The first-order valence-corrected chi connectivity index (χ1v) is 8.14. The molecule has 0 fully saturated rings. The Labute approximate surface area is 147 Å². The van der Waals surface area contributed by atoms with E-state index < -0.39 is 0 Å². The van der Waals surface area contributed by atoms with Crippen molar-refractivity contribution in [3.05, 3.63) is 71.8 Å². The van der Waals surface area contributed by atoms with Gasteiger partial charge >= 0.3 is 0 Å². The summed E-state index contributed by atoms with van der Waals surface area (Å²) in [5.41, 5.74) is 1.50. The highest BCUT2D eigenvalue weighted by molar-refractivity contribution is 5.98. The fraction of sp³-hybridized carbons (Fsp3) is 0.190. The van der Waals surface area contributed by atoms with Gasteiger partial charge in [-0.2, -0.15) is 0 Å². The van der Waals surface area contributed by atoms with Crippen LogP contribution in [0.1, 0.15) is 28.9 Å². The van der Waals surface area contributed by atoms with Crippen molar-refractivity contribution < 1.29 is 14.3 Å². The van der Waals surface area contributed by atoms with E-state index in [1.54, 1.807) is 14.2 Å². The van der Waals surface area contributed by atoms with Crippen LogP contribution in [0.2, 0.25) is 0 Å². The number of amides is 1. The van der Waals surface area contributed by atoms with Crippen molar-refractivity contribution >= 4 is 16.7 Å². The zero-order chi connectivity index (χ0) is 17.8. The average molecular weight is 335 g/mol. The van der Waals surface area contributed by atoms with E-state index in [1.165, 1.54) is 0 Å². The van der Waals surface area contributed by atoms with Crippen molar-refractivity contribution in [2.45, 2.75) is 13.0 Å². The maximum atomic E-state index is 12.6. The Kier molecular flexibility index (Phi) is 4.89. The molecule has 0 saturated heterocycles. The van der Waals surface area contributed by atoms with E-state index >= 15 is 0 Å². The topological polar surface area (TPSA) is 47.6 Å². The van der Waals surface area contributed by atoms with Crippen molar-refractivity contribution in [3.63, 3.8) is 0 Å². The lowest BCUT2D eigenvalue weighted by molar-refractivity contribution is 0.0939. The number of hydrogen-bond acceptors (Lipinski definition) is 3. The largest absolute Gasteiger partial charge is 0.497 e. The third-order valence-corrected chi connectivity index (χ3v) is 4.26. The van der Waals surface area contributed by atoms with Gasteiger partial charge < -0.3 is 14.8 Å². The van der Waals surface area contributed by atoms with Crippen LogP contribution in [0.5, 0.6) is 11.5 Å². The molecule has 0 saturated carbocycles. The van der Waals surface area contributed by atoms with Gasteiger partial charge in [0.25, 0.3) is 5.91 Å². The van der Waals surface area contributed by atoms with E-state index in [2.05, 4.69) is 5.32 Å². The van der Waals surface area contributed by atoms with Gasteiger partial charge in [0.1, 0.15) is 11.5 Å². The molecule has 0 spiro atoms. The molecule has 3 aromatic carbocycles. The molecule has 4 heteroatoms. The molecule has 3 aromatic rings. The molecule has 3 rings (SSSR count). The van der Waals surface area contributed by atoms with Crippen molar-refractivity contribution in [3.8, 4) is 11.5 Å². The van der Waals surface area contributed by atoms with Crippen LogP contribution >= 0.6 is 0 Å². The van der Waals surface area contributed by atoms with Gasteiger partial charge in [-0.3, -0.25) is 4.79 Å². The highest BCUT2D eigenvalue weighted by Crippen LogP contribution is 2.29. The molecule has 0 radical (unpaired) electrons. The summed E-state index contributed by atoms with van der Waals surface area (Å²) in [5, 5.41) is 5.18. The van der Waals surface area contributed by atoms with Crippen LogP contribution in [0.3, 0.4) is 0 Å². The molecule has 4 nitrogen and oxygen atoms in total. The van der Waals surface area contributed by atoms with Crippen LogP contribution in [0.15, 0.2) is 60.7 Å². The molecule has 1 amide bonds. The number of nitrogens with one attached hydrogen (secondary N) is 1. The van der Waals surface area contributed by atoms with Crippen LogP contribution < -0.4 is 14.8 Å². The van der Waals surface area contributed by atoms with Gasteiger partial charge in [-0.15, -0.1) is 0 Å². The maximum absolute atomic E-state index is 12.6. The normalized spacial score (nSPS) is 11.8. The fourth-order valence-corrected chi connectivity index (χ4v) is 2.87. The quantitative estimate of drug-likeness (QED) is 0.754. The highest BCUT2D eigenvalue weighted by atomic mass is 16.5. The maximum Gasteiger partial charge on any atom is 0.251 e. The first-order valence-electron chi connectivity index (χ1n) is 8.14. The Bertz CT molecular complexity index is 905. The van der Waals surface area contributed by atoms with E-state index in [0.717, 1.165) is 22.1 Å². The highest BCUT2D eigenvalue weighted by Gasteiger charge is 2.16. The lowest BCUT2D eigenvalue weighted by atomic mass is 10.0. The summed E-state index contributed by atoms with van der Waals surface area (Å²) in [7, 11) is 3.23. The Morgan fingerprint density at radius 2 is 1.68 bits per heavy atom. The van der Waals surface area contributed by atoms with E-state index in [0.29, 0.717) is 11.3 Å². The molecule has 0 aliphatic carbocycles. The first kappa shape index (κ1) is 16.8. The van der Waals surface area contributed by atoms with Gasteiger partial charge in [-0.05, 0) is 48.0 Å². The Morgan fingerprint density at radius 1 is 0.920 bits per heavy atom. The minimum absolute atomic E-state index is 0.122. The minimum Gasteiger partial charge on any atom is -0.497 e. The smallest absolute Gasteiger partial charge is 0.251 e. The third kappa shape index (κ3) is 3.58. The van der Waals surface area contributed by atoms with Gasteiger partial charge in [-0.25, -0.2) is 0 Å². The fourth-order valence-electron chi connectivity index (χ4n) is 2.87. The van der Waals surface area contributed by atoms with Crippen LogP contribution in [-0.4, -0.2) is 20.1 Å². The van der Waals surface area contributed by atoms with Crippen LogP contribution in [0.4, 0.5) is 0 Å². The molecule has 0 unspecified atom stereocenters. The van der Waals surface area contributed by atoms with Gasteiger partial charge in [0.2, 0.25) is 0 Å². The van der Waals surface area contributed by atoms with E-state index in [4.69, 9.17) is 9.47 Å². The Morgan fingerprint density at radius 3 is 2.40 bits per heavy atom. The molecule has 1 atom stereocenters. The van der Waals surface area contributed by atoms with Crippen LogP contribution in [-0.2, 0) is 0 Å². The second-order valence-electron chi connectivity index (χ2n) is 5.86. The molecular formula is C21H21NO3. The number of rotatable bonds is 5. The van der Waals surface area contributed by atoms with E-state index in [9.17, 15) is 4.79 Å². The van der Waals surface area contributed by atoms with Crippen LogP contribution in [0, 0.1) is 0 Å². The van der Waals surface area contributed by atoms with Gasteiger partial charge in [0.15, 0.2) is 0 Å². The number of hydrogen-bond donors (Lipinski definition) is 1. The van der Waals surface area contributed by atoms with Gasteiger partial charge in [0, 0.05) is 11.1 Å². The van der Waals surface area contributed by atoms with Gasteiger partial charge in [0.05, 0.1) is 20.3 Å². The molecule has 0 aliphatic rings. The molecule has 1 N–H and O–H groups in total. The summed E-state index contributed by atoms with van der Waals surface area (Å²) in [4.78, 5) is 12.6. The monoisotopic (exact) mass is 335 g/mol. The van der Waals surface area contributed by atoms with Crippen molar-refractivity contribution in [1.29, 1.82) is 0 Å². The SMILES string of the molecule is COc1ccc(OC)c([C@H](C)NC(=O)c2ccc3ccccc3c2)c1. The molecule has 25 heavy (non-hydrogen) atoms.